The highest BCUT2D eigenvalue weighted by molar-refractivity contribution is 5.72. The van der Waals surface area contributed by atoms with Crippen molar-refractivity contribution in [1.29, 1.82) is 0 Å². The van der Waals surface area contributed by atoms with Crippen LogP contribution < -0.4 is 0 Å². The molecule has 6 heteroatoms. The van der Waals surface area contributed by atoms with Gasteiger partial charge in [0.2, 0.25) is 0 Å². The minimum absolute atomic E-state index is 0.208. The second-order valence-corrected chi connectivity index (χ2v) is 8.10. The largest absolute Gasteiger partial charge is 0.466 e. The molecule has 6 nitrogen and oxygen atoms in total. The zero-order valence-corrected chi connectivity index (χ0v) is 20.3. The molecule has 0 N–H and O–H groups in total. The molecule has 0 amide bonds. The fourth-order valence-electron chi connectivity index (χ4n) is 3.77. The molecule has 0 atom stereocenters. The minimum atomic E-state index is -0.208. The van der Waals surface area contributed by atoms with Gasteiger partial charge in [-0.05, 0) is 101 Å². The highest BCUT2D eigenvalue weighted by Gasteiger charge is 2.09. The van der Waals surface area contributed by atoms with Crippen LogP contribution in [-0.2, 0) is 16.0 Å². The number of aryl methyl sites for hydroxylation is 5. The molecule has 0 bridgehead atoms. The average molecular weight is 445 g/mol. The van der Waals surface area contributed by atoms with E-state index in [-0.39, 0.29) is 12.4 Å². The Hall–Kier alpha value is -3.67. The van der Waals surface area contributed by atoms with Gasteiger partial charge in [-0.25, -0.2) is 9.97 Å². The van der Waals surface area contributed by atoms with Crippen molar-refractivity contribution >= 4 is 5.97 Å². The summed E-state index contributed by atoms with van der Waals surface area (Å²) in [5.41, 5.74) is 6.84. The van der Waals surface area contributed by atoms with Crippen molar-refractivity contribution in [1.82, 2.24) is 19.1 Å². The van der Waals surface area contributed by atoms with E-state index in [1.807, 2.05) is 45.2 Å². The first-order valence-electron chi connectivity index (χ1n) is 11.1. The maximum Gasteiger partial charge on any atom is 0.310 e. The predicted molar refractivity (Wildman–Crippen MR) is 131 cm³/mol. The smallest absolute Gasteiger partial charge is 0.310 e. The van der Waals surface area contributed by atoms with Crippen molar-refractivity contribution in [2.24, 2.45) is 0 Å². The molecule has 0 spiro atoms. The number of carbonyl (C=O) groups excluding carboxylic acids is 1. The van der Waals surface area contributed by atoms with E-state index in [2.05, 4.69) is 70.2 Å². The molecule has 0 fully saturated rings. The number of aromatic nitrogens is 4. The summed E-state index contributed by atoms with van der Waals surface area (Å²) in [6.07, 6.45) is 3.86. The molecular weight excluding hydrogens is 412 g/mol. The normalized spacial score (nSPS) is 10.5. The third-order valence-electron chi connectivity index (χ3n) is 5.37. The predicted octanol–water partition coefficient (Wildman–Crippen LogP) is 5.39. The number of ether oxygens (including phenoxy) is 1. The van der Waals surface area contributed by atoms with Crippen LogP contribution in [0.5, 0.6) is 0 Å². The van der Waals surface area contributed by atoms with Crippen LogP contribution in [0.3, 0.4) is 0 Å². The summed E-state index contributed by atoms with van der Waals surface area (Å²) >= 11 is 0. The van der Waals surface area contributed by atoms with Crippen LogP contribution in [0, 0.1) is 34.6 Å². The van der Waals surface area contributed by atoms with Gasteiger partial charge in [0.1, 0.15) is 11.6 Å². The van der Waals surface area contributed by atoms with Gasteiger partial charge in [-0.2, -0.15) is 0 Å². The molecule has 172 valence electrons. The van der Waals surface area contributed by atoms with Crippen LogP contribution in [0.4, 0.5) is 0 Å². The number of rotatable bonds is 5. The molecule has 4 aromatic heterocycles. The molecule has 0 saturated carbocycles. The van der Waals surface area contributed by atoms with Crippen molar-refractivity contribution < 1.29 is 9.53 Å². The van der Waals surface area contributed by atoms with E-state index in [0.717, 1.165) is 28.6 Å². The van der Waals surface area contributed by atoms with Crippen LogP contribution in [0.15, 0.2) is 60.9 Å². The molecule has 4 heterocycles. The quantitative estimate of drug-likeness (QED) is 0.387. The summed E-state index contributed by atoms with van der Waals surface area (Å²) in [6, 6.07) is 16.2. The highest BCUT2D eigenvalue weighted by atomic mass is 16.5. The number of esters is 1. The van der Waals surface area contributed by atoms with Crippen molar-refractivity contribution in [2.45, 2.75) is 48.0 Å². The standard InChI is InChI=1S/C15H18N2O2.C12H14N2/c1-4-19-15(18)10-13-7-8-16-14(9-13)17-11(2)5-6-12(17)3;1-9-6-7-13-12(8-9)14-10(2)4-5-11(14)3/h5-9H,4,10H2,1-3H3;4-8H,1-3H3. The van der Waals surface area contributed by atoms with Gasteiger partial charge in [0.05, 0.1) is 13.0 Å². The maximum atomic E-state index is 11.5. The summed E-state index contributed by atoms with van der Waals surface area (Å²) in [4.78, 5) is 20.2. The third-order valence-corrected chi connectivity index (χ3v) is 5.37. The summed E-state index contributed by atoms with van der Waals surface area (Å²) in [7, 11) is 0. The fraction of sp³-hybridized carbons (Fsp3) is 0.296. The van der Waals surface area contributed by atoms with Gasteiger partial charge in [-0.3, -0.25) is 4.79 Å². The van der Waals surface area contributed by atoms with E-state index in [1.54, 1.807) is 6.20 Å². The molecule has 4 rings (SSSR count). The van der Waals surface area contributed by atoms with Gasteiger partial charge < -0.3 is 13.9 Å². The summed E-state index contributed by atoms with van der Waals surface area (Å²) < 4.78 is 9.18. The van der Waals surface area contributed by atoms with Crippen molar-refractivity contribution in [3.8, 4) is 11.6 Å². The number of hydrogen-bond donors (Lipinski definition) is 0. The first-order valence-corrected chi connectivity index (χ1v) is 11.1. The Balaban J connectivity index is 0.000000194. The Labute approximate surface area is 195 Å². The van der Waals surface area contributed by atoms with Crippen molar-refractivity contribution in [3.63, 3.8) is 0 Å². The van der Waals surface area contributed by atoms with Crippen LogP contribution in [0.1, 0.15) is 40.8 Å². The lowest BCUT2D eigenvalue weighted by Crippen LogP contribution is -2.09. The van der Waals surface area contributed by atoms with E-state index >= 15 is 0 Å². The van der Waals surface area contributed by atoms with Crippen LogP contribution in [-0.4, -0.2) is 31.7 Å². The second-order valence-electron chi connectivity index (χ2n) is 8.10. The first-order chi connectivity index (χ1) is 15.8. The molecule has 0 aliphatic carbocycles. The molecular formula is C27H32N4O2. The van der Waals surface area contributed by atoms with E-state index in [1.165, 1.54) is 17.0 Å². The summed E-state index contributed by atoms with van der Waals surface area (Å²) in [5.74, 6) is 1.63. The first kappa shape index (κ1) is 24.0. The lowest BCUT2D eigenvalue weighted by atomic mass is 10.2. The Morgan fingerprint density at radius 1 is 0.758 bits per heavy atom. The molecule has 0 radical (unpaired) electrons. The van der Waals surface area contributed by atoms with E-state index in [0.29, 0.717) is 6.61 Å². The maximum absolute atomic E-state index is 11.5. The Morgan fingerprint density at radius 3 is 1.73 bits per heavy atom. The highest BCUT2D eigenvalue weighted by Crippen LogP contribution is 2.16. The molecule has 0 aliphatic heterocycles. The van der Waals surface area contributed by atoms with Gasteiger partial charge >= 0.3 is 5.97 Å². The lowest BCUT2D eigenvalue weighted by molar-refractivity contribution is -0.142. The van der Waals surface area contributed by atoms with E-state index in [9.17, 15) is 4.79 Å². The monoisotopic (exact) mass is 444 g/mol. The zero-order chi connectivity index (χ0) is 24.0. The molecule has 4 aromatic rings. The van der Waals surface area contributed by atoms with Gasteiger partial charge in [0, 0.05) is 35.2 Å². The Kier molecular flexibility index (Phi) is 7.83. The van der Waals surface area contributed by atoms with Crippen LogP contribution in [0.2, 0.25) is 0 Å². The molecule has 0 unspecified atom stereocenters. The topological polar surface area (TPSA) is 61.9 Å². The molecule has 0 aliphatic rings. The number of carbonyl (C=O) groups is 1. The average Bonchev–Trinajstić information content (AvgIpc) is 3.29. The van der Waals surface area contributed by atoms with Crippen LogP contribution in [0.25, 0.3) is 11.6 Å². The number of hydrogen-bond acceptors (Lipinski definition) is 4. The SMILES string of the molecule is CCOC(=O)Cc1ccnc(-n2c(C)ccc2C)c1.Cc1ccnc(-n2c(C)ccc2C)c1. The van der Waals surface area contributed by atoms with Gasteiger partial charge in [0.25, 0.3) is 0 Å². The van der Waals surface area contributed by atoms with Crippen molar-refractivity contribution in [3.05, 3.63) is 94.8 Å². The molecule has 33 heavy (non-hydrogen) atoms. The van der Waals surface area contributed by atoms with Gasteiger partial charge in [0.15, 0.2) is 0 Å². The summed E-state index contributed by atoms with van der Waals surface area (Å²) in [5, 5.41) is 0. The lowest BCUT2D eigenvalue weighted by Gasteiger charge is -2.09. The molecule has 0 saturated heterocycles. The minimum Gasteiger partial charge on any atom is -0.466 e. The second kappa shape index (κ2) is 10.8. The van der Waals surface area contributed by atoms with Crippen molar-refractivity contribution in [2.75, 3.05) is 6.61 Å². The number of pyridine rings is 2. The Bertz CT molecular complexity index is 1200. The van der Waals surface area contributed by atoms with E-state index < -0.39 is 0 Å². The van der Waals surface area contributed by atoms with Gasteiger partial charge in [-0.1, -0.05) is 0 Å². The zero-order valence-electron chi connectivity index (χ0n) is 20.3. The van der Waals surface area contributed by atoms with Crippen LogP contribution >= 0.6 is 0 Å². The third kappa shape index (κ3) is 5.98. The fourth-order valence-corrected chi connectivity index (χ4v) is 3.77. The Morgan fingerprint density at radius 2 is 1.24 bits per heavy atom. The van der Waals surface area contributed by atoms with E-state index in [4.69, 9.17) is 4.74 Å². The summed E-state index contributed by atoms with van der Waals surface area (Å²) in [6.45, 7) is 12.6. The molecule has 0 aromatic carbocycles. The van der Waals surface area contributed by atoms with Gasteiger partial charge in [-0.15, -0.1) is 0 Å². The number of nitrogens with zero attached hydrogens (tertiary/aromatic N) is 4.